The maximum atomic E-state index is 12.0. The highest BCUT2D eigenvalue weighted by atomic mass is 16.5. The van der Waals surface area contributed by atoms with Crippen molar-refractivity contribution in [2.75, 3.05) is 19.7 Å². The van der Waals surface area contributed by atoms with Crippen molar-refractivity contribution in [1.82, 2.24) is 9.88 Å². The van der Waals surface area contributed by atoms with E-state index in [-0.39, 0.29) is 18.6 Å². The van der Waals surface area contributed by atoms with Crippen molar-refractivity contribution in [2.24, 2.45) is 5.73 Å². The van der Waals surface area contributed by atoms with Crippen LogP contribution in [0.5, 0.6) is 5.75 Å². The van der Waals surface area contributed by atoms with Crippen LogP contribution in [0.25, 0.3) is 10.9 Å². The Morgan fingerprint density at radius 2 is 2.09 bits per heavy atom. The molecule has 0 aliphatic carbocycles. The van der Waals surface area contributed by atoms with E-state index in [1.165, 1.54) is 5.56 Å². The molecule has 0 fully saturated rings. The van der Waals surface area contributed by atoms with Crippen LogP contribution in [0.4, 0.5) is 0 Å². The number of ether oxygens (including phenoxy) is 1. The van der Waals surface area contributed by atoms with E-state index < -0.39 is 0 Å². The molecule has 0 saturated carbocycles. The summed E-state index contributed by atoms with van der Waals surface area (Å²) in [6.07, 6.45) is 2.77. The number of hydrogen-bond acceptors (Lipinski definition) is 3. The van der Waals surface area contributed by atoms with Crippen molar-refractivity contribution in [3.63, 3.8) is 0 Å². The zero-order chi connectivity index (χ0) is 16.1. The highest BCUT2D eigenvalue weighted by molar-refractivity contribution is 5.88. The number of para-hydroxylation sites is 1. The molecule has 2 rings (SSSR count). The molecule has 5 nitrogen and oxygen atoms in total. The Bertz CT molecular complexity index is 630. The van der Waals surface area contributed by atoms with E-state index in [2.05, 4.69) is 4.98 Å². The van der Waals surface area contributed by atoms with E-state index in [0.717, 1.165) is 17.3 Å². The number of H-pyrrole nitrogens is 1. The molecule has 5 heteroatoms. The first-order valence-corrected chi connectivity index (χ1v) is 7.81. The van der Waals surface area contributed by atoms with Gasteiger partial charge < -0.3 is 20.4 Å². The fraction of sp³-hybridized carbons (Fsp3) is 0.471. The van der Waals surface area contributed by atoms with E-state index >= 15 is 0 Å². The summed E-state index contributed by atoms with van der Waals surface area (Å²) >= 11 is 0. The number of likely N-dealkylation sites (N-methyl/N-ethyl adjacent to an activating group) is 1. The molecule has 1 atom stereocenters. The molecule has 120 valence electrons. The van der Waals surface area contributed by atoms with Crippen LogP contribution in [-0.4, -0.2) is 41.5 Å². The number of nitrogens with zero attached hydrogens (tertiary/aromatic N) is 1. The van der Waals surface area contributed by atoms with Crippen molar-refractivity contribution >= 4 is 16.8 Å². The summed E-state index contributed by atoms with van der Waals surface area (Å²) < 4.78 is 5.73. The Balaban J connectivity index is 2.15. The Morgan fingerprint density at radius 3 is 2.73 bits per heavy atom. The molecule has 0 aliphatic rings. The molecule has 0 unspecified atom stereocenters. The van der Waals surface area contributed by atoms with Crippen LogP contribution in [0.2, 0.25) is 0 Å². The molecule has 0 radical (unpaired) electrons. The van der Waals surface area contributed by atoms with Gasteiger partial charge in [-0.05, 0) is 38.8 Å². The number of nitrogens with two attached hydrogens (primary N) is 1. The van der Waals surface area contributed by atoms with Gasteiger partial charge in [-0.15, -0.1) is 0 Å². The highest BCUT2D eigenvalue weighted by Crippen LogP contribution is 2.27. The lowest BCUT2D eigenvalue weighted by Crippen LogP contribution is -2.34. The quantitative estimate of drug-likeness (QED) is 0.824. The average molecular weight is 303 g/mol. The van der Waals surface area contributed by atoms with Crippen LogP contribution < -0.4 is 10.5 Å². The first-order valence-electron chi connectivity index (χ1n) is 7.81. The first-order chi connectivity index (χ1) is 10.6. The number of benzene rings is 1. The third-order valence-corrected chi connectivity index (χ3v) is 3.77. The van der Waals surface area contributed by atoms with Gasteiger partial charge in [-0.2, -0.15) is 0 Å². The molecule has 1 amide bonds. The van der Waals surface area contributed by atoms with Gasteiger partial charge in [0, 0.05) is 30.7 Å². The van der Waals surface area contributed by atoms with Gasteiger partial charge in [-0.1, -0.05) is 12.1 Å². The molecule has 0 bridgehead atoms. The van der Waals surface area contributed by atoms with Crippen LogP contribution in [-0.2, 0) is 11.2 Å². The number of nitrogens with one attached hydrogen (secondary N) is 1. The average Bonchev–Trinajstić information content (AvgIpc) is 2.89. The fourth-order valence-corrected chi connectivity index (χ4v) is 2.63. The van der Waals surface area contributed by atoms with Crippen LogP contribution in [0.1, 0.15) is 26.3 Å². The largest absolute Gasteiger partial charge is 0.482 e. The summed E-state index contributed by atoms with van der Waals surface area (Å²) in [4.78, 5) is 17.0. The number of amides is 1. The topological polar surface area (TPSA) is 71.3 Å². The molecular formula is C17H25N3O2. The van der Waals surface area contributed by atoms with E-state index in [1.807, 2.05) is 45.2 Å². The van der Waals surface area contributed by atoms with Crippen molar-refractivity contribution in [2.45, 2.75) is 33.2 Å². The second kappa shape index (κ2) is 7.31. The molecule has 2 aromatic rings. The predicted molar refractivity (Wildman–Crippen MR) is 89.1 cm³/mol. The van der Waals surface area contributed by atoms with Crippen molar-refractivity contribution in [1.29, 1.82) is 0 Å². The van der Waals surface area contributed by atoms with Gasteiger partial charge in [0.25, 0.3) is 5.91 Å². The van der Waals surface area contributed by atoms with Gasteiger partial charge >= 0.3 is 0 Å². The lowest BCUT2D eigenvalue weighted by molar-refractivity contribution is -0.132. The van der Waals surface area contributed by atoms with Gasteiger partial charge in [-0.3, -0.25) is 4.79 Å². The zero-order valence-corrected chi connectivity index (χ0v) is 13.6. The molecule has 22 heavy (non-hydrogen) atoms. The van der Waals surface area contributed by atoms with Crippen molar-refractivity contribution in [3.05, 3.63) is 30.0 Å². The number of aromatic amines is 1. The first kappa shape index (κ1) is 16.4. The number of aromatic nitrogens is 1. The van der Waals surface area contributed by atoms with E-state index in [4.69, 9.17) is 10.5 Å². The molecule has 0 spiro atoms. The third kappa shape index (κ3) is 3.60. The third-order valence-electron chi connectivity index (χ3n) is 3.77. The normalized spacial score (nSPS) is 12.4. The van der Waals surface area contributed by atoms with Gasteiger partial charge in [0.1, 0.15) is 5.75 Å². The Labute approximate surface area is 131 Å². The van der Waals surface area contributed by atoms with Crippen molar-refractivity contribution in [3.8, 4) is 5.75 Å². The lowest BCUT2D eigenvalue weighted by atomic mass is 10.1. The minimum absolute atomic E-state index is 0.00404. The number of fused-ring (bicyclic) bond motifs is 1. The minimum atomic E-state index is 0.00404. The van der Waals surface area contributed by atoms with E-state index in [9.17, 15) is 4.79 Å². The van der Waals surface area contributed by atoms with Crippen molar-refractivity contribution < 1.29 is 9.53 Å². The summed E-state index contributed by atoms with van der Waals surface area (Å²) in [6, 6.07) is 5.97. The Kier molecular flexibility index (Phi) is 5.44. The van der Waals surface area contributed by atoms with E-state index in [0.29, 0.717) is 18.8 Å². The predicted octanol–water partition coefficient (Wildman–Crippen LogP) is 2.30. The summed E-state index contributed by atoms with van der Waals surface area (Å²) in [5.74, 6) is 0.707. The van der Waals surface area contributed by atoms with Crippen LogP contribution in [0.3, 0.4) is 0 Å². The number of rotatable bonds is 7. The van der Waals surface area contributed by atoms with Crippen LogP contribution >= 0.6 is 0 Å². The zero-order valence-electron chi connectivity index (χ0n) is 13.6. The lowest BCUT2D eigenvalue weighted by Gasteiger charge is -2.18. The van der Waals surface area contributed by atoms with E-state index in [1.54, 1.807) is 4.90 Å². The second-order valence-electron chi connectivity index (χ2n) is 5.53. The SMILES string of the molecule is CCN(CC)C(=O)COc1cccc2c(C[C@H](C)N)c[nH]c12. The smallest absolute Gasteiger partial charge is 0.260 e. The number of carbonyl (C=O) groups is 1. The summed E-state index contributed by atoms with van der Waals surface area (Å²) in [5.41, 5.74) is 7.97. The van der Waals surface area contributed by atoms with Crippen LogP contribution in [0.15, 0.2) is 24.4 Å². The molecule has 1 heterocycles. The van der Waals surface area contributed by atoms with Crippen LogP contribution in [0, 0.1) is 0 Å². The van der Waals surface area contributed by atoms with Gasteiger partial charge in [-0.25, -0.2) is 0 Å². The standard InChI is InChI=1S/C17H25N3O2/c1-4-20(5-2)16(21)11-22-15-8-6-7-14-13(9-12(3)18)10-19-17(14)15/h6-8,10,12,19H,4-5,9,11,18H2,1-3H3/t12-/m0/s1. The monoisotopic (exact) mass is 303 g/mol. The van der Waals surface area contributed by atoms with Gasteiger partial charge in [0.15, 0.2) is 6.61 Å². The second-order valence-corrected chi connectivity index (χ2v) is 5.53. The van der Waals surface area contributed by atoms with Gasteiger partial charge in [0.05, 0.1) is 5.52 Å². The number of carbonyl (C=O) groups excluding carboxylic acids is 1. The summed E-state index contributed by atoms with van der Waals surface area (Å²) in [6.45, 7) is 7.37. The number of hydrogen-bond donors (Lipinski definition) is 2. The molecule has 1 aromatic heterocycles. The Hall–Kier alpha value is -2.01. The molecule has 3 N–H and O–H groups in total. The summed E-state index contributed by atoms with van der Waals surface area (Å²) in [5, 5.41) is 1.10. The Morgan fingerprint density at radius 1 is 1.36 bits per heavy atom. The fourth-order valence-electron chi connectivity index (χ4n) is 2.63. The maximum Gasteiger partial charge on any atom is 0.260 e. The van der Waals surface area contributed by atoms with Gasteiger partial charge in [0.2, 0.25) is 0 Å². The molecular weight excluding hydrogens is 278 g/mol. The molecule has 0 saturated heterocycles. The summed E-state index contributed by atoms with van der Waals surface area (Å²) in [7, 11) is 0. The maximum absolute atomic E-state index is 12.0. The molecule has 1 aromatic carbocycles. The minimum Gasteiger partial charge on any atom is -0.482 e. The highest BCUT2D eigenvalue weighted by Gasteiger charge is 2.13. The molecule has 0 aliphatic heterocycles.